The Kier molecular flexibility index (Phi) is 3.24. The molecule has 118 valence electrons. The van der Waals surface area contributed by atoms with E-state index in [9.17, 15) is 10.1 Å². The molecule has 0 spiro atoms. The first-order valence-electron chi connectivity index (χ1n) is 7.15. The molecule has 4 rings (SSSR count). The van der Waals surface area contributed by atoms with Crippen molar-refractivity contribution in [2.24, 2.45) is 0 Å². The molecule has 0 atom stereocenters. The van der Waals surface area contributed by atoms with E-state index in [1.807, 2.05) is 12.1 Å². The topological polar surface area (TPSA) is 98.1 Å². The van der Waals surface area contributed by atoms with Crippen molar-refractivity contribution in [2.45, 2.75) is 0 Å². The number of hydrogen-bond donors (Lipinski definition) is 1. The Bertz CT molecular complexity index is 916. The maximum atomic E-state index is 10.8. The fourth-order valence-electron chi connectivity index (χ4n) is 2.44. The molecule has 0 fully saturated rings. The van der Waals surface area contributed by atoms with Gasteiger partial charge in [-0.2, -0.15) is 0 Å². The van der Waals surface area contributed by atoms with Crippen LogP contribution in [-0.2, 0) is 0 Å². The minimum Gasteiger partial charge on any atom is -0.463 e. The van der Waals surface area contributed by atoms with Gasteiger partial charge in [-0.3, -0.25) is 10.1 Å². The summed E-state index contributed by atoms with van der Waals surface area (Å²) in [6.07, 6.45) is 3.15. The van der Waals surface area contributed by atoms with Crippen molar-refractivity contribution in [1.82, 2.24) is 9.97 Å². The van der Waals surface area contributed by atoms with Gasteiger partial charge in [0.1, 0.15) is 17.2 Å². The van der Waals surface area contributed by atoms with Crippen LogP contribution in [0.15, 0.2) is 69.9 Å². The first-order valence-corrected chi connectivity index (χ1v) is 7.15. The molecule has 0 aliphatic heterocycles. The van der Waals surface area contributed by atoms with Gasteiger partial charge in [0.05, 0.1) is 17.4 Å². The summed E-state index contributed by atoms with van der Waals surface area (Å²) < 4.78 is 10.9. The lowest BCUT2D eigenvalue weighted by Crippen LogP contribution is -1.87. The summed E-state index contributed by atoms with van der Waals surface area (Å²) in [6.45, 7) is 0. The van der Waals surface area contributed by atoms with Gasteiger partial charge < -0.3 is 13.8 Å². The zero-order valence-corrected chi connectivity index (χ0v) is 12.3. The predicted octanol–water partition coefficient (Wildman–Crippen LogP) is 4.50. The third-order valence-electron chi connectivity index (χ3n) is 3.58. The number of aromatic amines is 1. The van der Waals surface area contributed by atoms with Crippen LogP contribution in [0.1, 0.15) is 0 Å². The van der Waals surface area contributed by atoms with Crippen molar-refractivity contribution >= 4 is 5.69 Å². The highest BCUT2D eigenvalue weighted by molar-refractivity contribution is 5.76. The molecule has 7 heteroatoms. The second kappa shape index (κ2) is 5.54. The van der Waals surface area contributed by atoms with Gasteiger partial charge in [-0.1, -0.05) is 0 Å². The molecule has 0 aliphatic carbocycles. The zero-order valence-electron chi connectivity index (χ0n) is 12.3. The van der Waals surface area contributed by atoms with Gasteiger partial charge in [0.15, 0.2) is 11.5 Å². The Labute approximate surface area is 135 Å². The Hall–Kier alpha value is -3.61. The fourth-order valence-corrected chi connectivity index (χ4v) is 2.44. The van der Waals surface area contributed by atoms with Crippen molar-refractivity contribution in [3.8, 4) is 34.3 Å². The van der Waals surface area contributed by atoms with Crippen LogP contribution >= 0.6 is 0 Å². The molecule has 0 saturated heterocycles. The number of benzene rings is 1. The van der Waals surface area contributed by atoms with Crippen molar-refractivity contribution in [3.05, 3.63) is 71.2 Å². The van der Waals surface area contributed by atoms with E-state index >= 15 is 0 Å². The summed E-state index contributed by atoms with van der Waals surface area (Å²) in [5.74, 6) is 1.80. The summed E-state index contributed by atoms with van der Waals surface area (Å²) in [6, 6.07) is 13.4. The summed E-state index contributed by atoms with van der Waals surface area (Å²) in [4.78, 5) is 18.1. The lowest BCUT2D eigenvalue weighted by Gasteiger charge is -1.96. The van der Waals surface area contributed by atoms with E-state index in [1.165, 1.54) is 12.1 Å². The van der Waals surface area contributed by atoms with E-state index < -0.39 is 4.92 Å². The molecule has 0 aliphatic rings. The number of H-pyrrole nitrogens is 1. The number of nitro benzene ring substituents is 1. The number of non-ortho nitro benzene ring substituents is 1. The molecule has 0 bridgehead atoms. The van der Waals surface area contributed by atoms with Crippen LogP contribution in [0.3, 0.4) is 0 Å². The molecule has 0 saturated carbocycles. The maximum Gasteiger partial charge on any atom is 0.269 e. The molecular weight excluding hydrogens is 310 g/mol. The molecule has 1 aromatic carbocycles. The van der Waals surface area contributed by atoms with Crippen LogP contribution in [-0.4, -0.2) is 14.9 Å². The highest BCUT2D eigenvalue weighted by Crippen LogP contribution is 2.33. The van der Waals surface area contributed by atoms with Crippen molar-refractivity contribution in [1.29, 1.82) is 0 Å². The summed E-state index contributed by atoms with van der Waals surface area (Å²) >= 11 is 0. The van der Waals surface area contributed by atoms with Gasteiger partial charge in [0.25, 0.3) is 5.69 Å². The number of hydrogen-bond acceptors (Lipinski definition) is 5. The van der Waals surface area contributed by atoms with Crippen LogP contribution in [0.4, 0.5) is 5.69 Å². The van der Waals surface area contributed by atoms with Crippen LogP contribution in [0, 0.1) is 10.1 Å². The third-order valence-corrected chi connectivity index (χ3v) is 3.58. The first-order chi connectivity index (χ1) is 11.7. The Morgan fingerprint density at radius 3 is 2.21 bits per heavy atom. The second-order valence-electron chi connectivity index (χ2n) is 5.07. The van der Waals surface area contributed by atoms with E-state index in [0.717, 1.165) is 5.56 Å². The largest absolute Gasteiger partial charge is 0.463 e. The molecule has 24 heavy (non-hydrogen) atoms. The molecule has 3 heterocycles. The van der Waals surface area contributed by atoms with Crippen LogP contribution in [0.25, 0.3) is 34.3 Å². The Balaban J connectivity index is 1.82. The average molecular weight is 321 g/mol. The smallest absolute Gasteiger partial charge is 0.269 e. The summed E-state index contributed by atoms with van der Waals surface area (Å²) in [5, 5.41) is 10.8. The number of imidazole rings is 1. The van der Waals surface area contributed by atoms with Gasteiger partial charge >= 0.3 is 0 Å². The zero-order chi connectivity index (χ0) is 16.5. The number of nitrogens with one attached hydrogen (secondary N) is 1. The van der Waals surface area contributed by atoms with E-state index in [-0.39, 0.29) is 5.69 Å². The number of nitrogens with zero attached hydrogens (tertiary/aromatic N) is 2. The molecule has 7 nitrogen and oxygen atoms in total. The first kappa shape index (κ1) is 14.0. The minimum absolute atomic E-state index is 0.0304. The van der Waals surface area contributed by atoms with Crippen molar-refractivity contribution < 1.29 is 13.8 Å². The second-order valence-corrected chi connectivity index (χ2v) is 5.07. The van der Waals surface area contributed by atoms with Crippen LogP contribution in [0.2, 0.25) is 0 Å². The van der Waals surface area contributed by atoms with Crippen LogP contribution in [0.5, 0.6) is 0 Å². The van der Waals surface area contributed by atoms with Crippen molar-refractivity contribution in [3.63, 3.8) is 0 Å². The molecule has 0 unspecified atom stereocenters. The lowest BCUT2D eigenvalue weighted by atomic mass is 10.2. The van der Waals surface area contributed by atoms with Crippen molar-refractivity contribution in [2.75, 3.05) is 0 Å². The van der Waals surface area contributed by atoms with Gasteiger partial charge in [0.2, 0.25) is 0 Å². The quantitative estimate of drug-likeness (QED) is 0.440. The lowest BCUT2D eigenvalue weighted by molar-refractivity contribution is -0.384. The van der Waals surface area contributed by atoms with Gasteiger partial charge in [0, 0.05) is 17.7 Å². The SMILES string of the molecule is O=[N+]([O-])c1ccc(-c2nc(-c3ccco3)c(-c3ccco3)[nH]2)cc1. The van der Waals surface area contributed by atoms with Gasteiger partial charge in [-0.15, -0.1) is 0 Å². The predicted molar refractivity (Wildman–Crippen MR) is 86.1 cm³/mol. The number of nitro groups is 1. The highest BCUT2D eigenvalue weighted by Gasteiger charge is 2.19. The monoisotopic (exact) mass is 321 g/mol. The fraction of sp³-hybridized carbons (Fsp3) is 0. The maximum absolute atomic E-state index is 10.8. The summed E-state index contributed by atoms with van der Waals surface area (Å²) in [5.41, 5.74) is 2.06. The molecule has 0 amide bonds. The number of furan rings is 2. The third kappa shape index (κ3) is 2.38. The average Bonchev–Trinajstić information content (AvgIpc) is 3.33. The molecule has 1 N–H and O–H groups in total. The van der Waals surface area contributed by atoms with Gasteiger partial charge in [-0.05, 0) is 36.4 Å². The number of rotatable bonds is 4. The van der Waals surface area contributed by atoms with E-state index in [0.29, 0.717) is 28.7 Å². The van der Waals surface area contributed by atoms with E-state index in [1.54, 1.807) is 36.8 Å². The molecule has 4 aromatic rings. The van der Waals surface area contributed by atoms with E-state index in [4.69, 9.17) is 8.83 Å². The van der Waals surface area contributed by atoms with Gasteiger partial charge in [-0.25, -0.2) is 4.98 Å². The summed E-state index contributed by atoms with van der Waals surface area (Å²) in [7, 11) is 0. The molecular formula is C17H11N3O4. The van der Waals surface area contributed by atoms with Crippen LogP contribution < -0.4 is 0 Å². The Morgan fingerprint density at radius 1 is 0.958 bits per heavy atom. The number of aromatic nitrogens is 2. The molecule has 0 radical (unpaired) electrons. The minimum atomic E-state index is -0.436. The normalized spacial score (nSPS) is 10.8. The molecule has 3 aromatic heterocycles. The standard InChI is InChI=1S/C17H11N3O4/c21-20(22)12-7-5-11(6-8-12)17-18-15(13-3-1-9-23-13)16(19-17)14-4-2-10-24-14/h1-10H,(H,18,19). The highest BCUT2D eigenvalue weighted by atomic mass is 16.6. The Morgan fingerprint density at radius 2 is 1.62 bits per heavy atom. The van der Waals surface area contributed by atoms with E-state index in [2.05, 4.69) is 9.97 Å².